The van der Waals surface area contributed by atoms with Gasteiger partial charge in [-0.1, -0.05) is 0 Å². The lowest BCUT2D eigenvalue weighted by molar-refractivity contribution is 0.0711. The van der Waals surface area contributed by atoms with Crippen LogP contribution in [0.15, 0.2) is 24.3 Å². The predicted octanol–water partition coefficient (Wildman–Crippen LogP) is 1.60. The number of amides is 1. The van der Waals surface area contributed by atoms with Gasteiger partial charge >= 0.3 is 0 Å². The van der Waals surface area contributed by atoms with Crippen molar-refractivity contribution < 1.29 is 10.0 Å². The summed E-state index contributed by atoms with van der Waals surface area (Å²) < 4.78 is 0.970. The Morgan fingerprint density at radius 3 is 2.93 bits per heavy atom. The molecule has 1 aromatic heterocycles. The molecule has 0 fully saturated rings. The van der Waals surface area contributed by atoms with Gasteiger partial charge in [0.05, 0.1) is 4.88 Å². The van der Waals surface area contributed by atoms with Crippen LogP contribution < -0.4 is 11.2 Å². The third-order valence-corrected chi connectivity index (χ3v) is 2.98. The van der Waals surface area contributed by atoms with Crippen molar-refractivity contribution in [2.75, 3.05) is 5.73 Å². The van der Waals surface area contributed by atoms with E-state index in [9.17, 15) is 4.79 Å². The molecule has 4 nitrogen and oxygen atoms in total. The molecule has 1 amide bonds. The fourth-order valence-electron chi connectivity index (χ4n) is 1.23. The second kappa shape index (κ2) is 3.28. The molecule has 5 heteroatoms. The third kappa shape index (κ3) is 1.43. The van der Waals surface area contributed by atoms with Crippen molar-refractivity contribution in [2.24, 2.45) is 0 Å². The van der Waals surface area contributed by atoms with E-state index in [1.54, 1.807) is 23.7 Å². The van der Waals surface area contributed by atoms with Gasteiger partial charge in [0.25, 0.3) is 5.91 Å². The Kier molecular flexibility index (Phi) is 2.11. The second-order valence-electron chi connectivity index (χ2n) is 2.85. The number of hydrogen-bond acceptors (Lipinski definition) is 4. The van der Waals surface area contributed by atoms with Crippen molar-refractivity contribution in [3.8, 4) is 0 Å². The summed E-state index contributed by atoms with van der Waals surface area (Å²) in [6, 6.07) is 7.12. The van der Waals surface area contributed by atoms with Gasteiger partial charge in [-0.05, 0) is 29.7 Å². The molecule has 0 unspecified atom stereocenters. The Morgan fingerprint density at radius 2 is 2.21 bits per heavy atom. The molecule has 4 N–H and O–H groups in total. The van der Waals surface area contributed by atoms with Crippen LogP contribution in [-0.4, -0.2) is 11.1 Å². The molecule has 0 bridgehead atoms. The number of nitrogens with one attached hydrogen (secondary N) is 1. The van der Waals surface area contributed by atoms with Gasteiger partial charge in [0, 0.05) is 10.4 Å². The molecule has 0 aliphatic rings. The molecule has 2 aromatic rings. The van der Waals surface area contributed by atoms with Gasteiger partial charge < -0.3 is 5.73 Å². The maximum absolute atomic E-state index is 11.1. The number of carbonyl (C=O) groups is 1. The first-order valence-electron chi connectivity index (χ1n) is 3.94. The van der Waals surface area contributed by atoms with Gasteiger partial charge in [-0.25, -0.2) is 5.48 Å². The highest BCUT2D eigenvalue weighted by molar-refractivity contribution is 7.20. The molecule has 0 spiro atoms. The zero-order valence-corrected chi connectivity index (χ0v) is 7.97. The van der Waals surface area contributed by atoms with E-state index < -0.39 is 5.91 Å². The number of rotatable bonds is 1. The molecule has 0 aliphatic heterocycles. The van der Waals surface area contributed by atoms with Gasteiger partial charge in [-0.3, -0.25) is 10.0 Å². The van der Waals surface area contributed by atoms with E-state index >= 15 is 0 Å². The minimum absolute atomic E-state index is 0.466. The van der Waals surface area contributed by atoms with Crippen LogP contribution in [0.3, 0.4) is 0 Å². The van der Waals surface area contributed by atoms with Crippen molar-refractivity contribution in [3.05, 3.63) is 29.1 Å². The van der Waals surface area contributed by atoms with Gasteiger partial charge in [0.2, 0.25) is 0 Å². The molecule has 1 aromatic carbocycles. The Hall–Kier alpha value is -1.59. The highest BCUT2D eigenvalue weighted by atomic mass is 32.1. The molecular weight excluding hydrogens is 200 g/mol. The Morgan fingerprint density at radius 1 is 1.43 bits per heavy atom. The summed E-state index contributed by atoms with van der Waals surface area (Å²) in [6.45, 7) is 0. The fourth-order valence-corrected chi connectivity index (χ4v) is 2.16. The number of nitrogen functional groups attached to an aromatic ring is 1. The number of thiophene rings is 1. The minimum atomic E-state index is -0.496. The number of benzene rings is 1. The van der Waals surface area contributed by atoms with E-state index in [4.69, 9.17) is 10.9 Å². The first-order chi connectivity index (χ1) is 6.70. The second-order valence-corrected chi connectivity index (χ2v) is 3.93. The topological polar surface area (TPSA) is 75.4 Å². The Labute approximate surface area is 83.9 Å². The zero-order chi connectivity index (χ0) is 10.1. The number of anilines is 1. The minimum Gasteiger partial charge on any atom is -0.399 e. The van der Waals surface area contributed by atoms with Gasteiger partial charge in [0.15, 0.2) is 0 Å². The summed E-state index contributed by atoms with van der Waals surface area (Å²) in [5, 5.41) is 9.36. The smallest absolute Gasteiger partial charge is 0.284 e. The molecule has 72 valence electrons. The monoisotopic (exact) mass is 208 g/mol. The standard InChI is InChI=1S/C9H8N2O2S/c10-6-1-2-7-5(3-6)4-8(14-7)9(12)11-13/h1-4,13H,10H2,(H,11,12). The Balaban J connectivity index is 2.56. The van der Waals surface area contributed by atoms with Crippen molar-refractivity contribution in [2.45, 2.75) is 0 Å². The molecule has 0 aliphatic carbocycles. The van der Waals surface area contributed by atoms with Crippen LogP contribution in [-0.2, 0) is 0 Å². The van der Waals surface area contributed by atoms with E-state index in [1.165, 1.54) is 11.3 Å². The van der Waals surface area contributed by atoms with Crippen molar-refractivity contribution in [3.63, 3.8) is 0 Å². The van der Waals surface area contributed by atoms with Gasteiger partial charge in [-0.15, -0.1) is 11.3 Å². The number of fused-ring (bicyclic) bond motifs is 1. The van der Waals surface area contributed by atoms with E-state index in [2.05, 4.69) is 0 Å². The van der Waals surface area contributed by atoms with Crippen LogP contribution in [0, 0.1) is 0 Å². The maximum Gasteiger partial charge on any atom is 0.284 e. The summed E-state index contributed by atoms with van der Waals surface area (Å²) in [7, 11) is 0. The van der Waals surface area contributed by atoms with Crippen LogP contribution in [0.1, 0.15) is 9.67 Å². The lowest BCUT2D eigenvalue weighted by Crippen LogP contribution is -2.16. The van der Waals surface area contributed by atoms with E-state index in [-0.39, 0.29) is 0 Å². The molecule has 2 rings (SSSR count). The molecule has 0 radical (unpaired) electrons. The van der Waals surface area contributed by atoms with Crippen LogP contribution in [0.4, 0.5) is 5.69 Å². The largest absolute Gasteiger partial charge is 0.399 e. The van der Waals surface area contributed by atoms with Crippen molar-refractivity contribution in [1.29, 1.82) is 0 Å². The van der Waals surface area contributed by atoms with Crippen LogP contribution in [0.2, 0.25) is 0 Å². The average Bonchev–Trinajstić information content (AvgIpc) is 2.59. The van der Waals surface area contributed by atoms with E-state index in [0.29, 0.717) is 10.6 Å². The molecule has 0 saturated heterocycles. The normalized spacial score (nSPS) is 10.4. The molecular formula is C9H8N2O2S. The quantitative estimate of drug-likeness (QED) is 0.378. The van der Waals surface area contributed by atoms with Crippen molar-refractivity contribution in [1.82, 2.24) is 5.48 Å². The van der Waals surface area contributed by atoms with Crippen molar-refractivity contribution >= 4 is 33.0 Å². The number of hydroxylamine groups is 1. The summed E-state index contributed by atoms with van der Waals surface area (Å²) >= 11 is 1.31. The summed E-state index contributed by atoms with van der Waals surface area (Å²) in [5.41, 5.74) is 7.85. The summed E-state index contributed by atoms with van der Waals surface area (Å²) in [5.74, 6) is -0.496. The third-order valence-electron chi connectivity index (χ3n) is 1.87. The molecule has 1 heterocycles. The average molecular weight is 208 g/mol. The number of nitrogens with two attached hydrogens (primary N) is 1. The molecule has 14 heavy (non-hydrogen) atoms. The van der Waals surface area contributed by atoms with Crippen LogP contribution >= 0.6 is 11.3 Å². The van der Waals surface area contributed by atoms with E-state index in [1.807, 2.05) is 6.07 Å². The van der Waals surface area contributed by atoms with Gasteiger partial charge in [-0.2, -0.15) is 0 Å². The van der Waals surface area contributed by atoms with Crippen LogP contribution in [0.5, 0.6) is 0 Å². The first kappa shape index (κ1) is 8.98. The number of carbonyl (C=O) groups excluding carboxylic acids is 1. The lowest BCUT2D eigenvalue weighted by Gasteiger charge is -1.90. The fraction of sp³-hybridized carbons (Fsp3) is 0. The predicted molar refractivity (Wildman–Crippen MR) is 55.5 cm³/mol. The Bertz CT molecular complexity index is 493. The summed E-state index contributed by atoms with van der Waals surface area (Å²) in [4.78, 5) is 11.6. The SMILES string of the molecule is Nc1ccc2sc(C(=O)NO)cc2c1. The lowest BCUT2D eigenvalue weighted by atomic mass is 10.2. The first-order valence-corrected chi connectivity index (χ1v) is 4.76. The molecule has 0 saturated carbocycles. The number of hydrogen-bond donors (Lipinski definition) is 3. The van der Waals surface area contributed by atoms with E-state index in [0.717, 1.165) is 10.1 Å². The molecule has 0 atom stereocenters. The summed E-state index contributed by atoms with van der Waals surface area (Å²) in [6.07, 6.45) is 0. The zero-order valence-electron chi connectivity index (χ0n) is 7.15. The highest BCUT2D eigenvalue weighted by Gasteiger charge is 2.08. The maximum atomic E-state index is 11.1. The highest BCUT2D eigenvalue weighted by Crippen LogP contribution is 2.26. The van der Waals surface area contributed by atoms with Crippen LogP contribution in [0.25, 0.3) is 10.1 Å². The van der Waals surface area contributed by atoms with Gasteiger partial charge in [0.1, 0.15) is 0 Å².